The van der Waals surface area contributed by atoms with Gasteiger partial charge in [0.2, 0.25) is 5.78 Å². The number of rotatable bonds is 8. The number of carbonyl (C=O) groups excluding carboxylic acids is 2. The maximum Gasteiger partial charge on any atom is 0.344 e. The SMILES string of the molecule is COc1ccc(OC)c(C(=O)COC(=O)COc2cccc(Br)c2)c1. The molecule has 2 aromatic carbocycles. The average Bonchev–Trinajstić information content (AvgIpc) is 2.63. The molecular weight excluding hydrogens is 392 g/mol. The van der Waals surface area contributed by atoms with Gasteiger partial charge in [-0.2, -0.15) is 0 Å². The lowest BCUT2D eigenvalue weighted by Crippen LogP contribution is -2.20. The van der Waals surface area contributed by atoms with E-state index in [-0.39, 0.29) is 12.2 Å². The number of carbonyl (C=O) groups is 2. The number of hydrogen-bond acceptors (Lipinski definition) is 6. The van der Waals surface area contributed by atoms with Crippen molar-refractivity contribution in [2.45, 2.75) is 0 Å². The molecule has 25 heavy (non-hydrogen) atoms. The molecule has 0 atom stereocenters. The van der Waals surface area contributed by atoms with Gasteiger partial charge in [-0.15, -0.1) is 0 Å². The molecule has 2 rings (SSSR count). The van der Waals surface area contributed by atoms with Gasteiger partial charge in [0.1, 0.15) is 17.2 Å². The predicted molar refractivity (Wildman–Crippen MR) is 94.5 cm³/mol. The standard InChI is InChI=1S/C18H17BrO6/c1-22-13-6-7-17(23-2)15(9-13)16(20)10-25-18(21)11-24-14-5-3-4-12(19)8-14/h3-9H,10-11H2,1-2H3. The Bertz CT molecular complexity index is 759. The van der Waals surface area contributed by atoms with Crippen molar-refractivity contribution in [1.29, 1.82) is 0 Å². The van der Waals surface area contributed by atoms with E-state index in [0.717, 1.165) is 4.47 Å². The average molecular weight is 409 g/mol. The van der Waals surface area contributed by atoms with E-state index in [2.05, 4.69) is 15.9 Å². The highest BCUT2D eigenvalue weighted by atomic mass is 79.9. The highest BCUT2D eigenvalue weighted by molar-refractivity contribution is 9.10. The fraction of sp³-hybridized carbons (Fsp3) is 0.222. The molecule has 0 saturated heterocycles. The number of esters is 1. The first kappa shape index (κ1) is 18.8. The molecule has 0 amide bonds. The molecule has 0 heterocycles. The van der Waals surface area contributed by atoms with E-state index in [4.69, 9.17) is 18.9 Å². The summed E-state index contributed by atoms with van der Waals surface area (Å²) in [6.45, 7) is -0.705. The highest BCUT2D eigenvalue weighted by Crippen LogP contribution is 2.24. The first-order chi connectivity index (χ1) is 12.0. The van der Waals surface area contributed by atoms with Crippen LogP contribution >= 0.6 is 15.9 Å². The molecule has 0 bridgehead atoms. The van der Waals surface area contributed by atoms with E-state index in [9.17, 15) is 9.59 Å². The smallest absolute Gasteiger partial charge is 0.344 e. The number of Topliss-reactive ketones (excluding diaryl/α,β-unsaturated/α-hetero) is 1. The van der Waals surface area contributed by atoms with Crippen molar-refractivity contribution in [3.05, 3.63) is 52.5 Å². The lowest BCUT2D eigenvalue weighted by atomic mass is 10.1. The van der Waals surface area contributed by atoms with Crippen molar-refractivity contribution in [2.75, 3.05) is 27.4 Å². The Kier molecular flexibility index (Phi) is 6.82. The Labute approximate surface area is 153 Å². The maximum atomic E-state index is 12.3. The van der Waals surface area contributed by atoms with Gasteiger partial charge >= 0.3 is 5.97 Å². The number of benzene rings is 2. The molecule has 0 aliphatic heterocycles. The van der Waals surface area contributed by atoms with Gasteiger partial charge in [-0.25, -0.2) is 4.79 Å². The van der Waals surface area contributed by atoms with Gasteiger partial charge in [0.15, 0.2) is 13.2 Å². The molecular formula is C18H17BrO6. The van der Waals surface area contributed by atoms with Crippen molar-refractivity contribution in [2.24, 2.45) is 0 Å². The molecule has 132 valence electrons. The van der Waals surface area contributed by atoms with Crippen molar-refractivity contribution in [3.8, 4) is 17.2 Å². The number of halogens is 1. The monoisotopic (exact) mass is 408 g/mol. The summed E-state index contributed by atoms with van der Waals surface area (Å²) < 4.78 is 21.3. The number of methoxy groups -OCH3 is 2. The molecule has 0 aliphatic rings. The van der Waals surface area contributed by atoms with E-state index in [1.165, 1.54) is 20.3 Å². The van der Waals surface area contributed by atoms with E-state index in [1.807, 2.05) is 6.07 Å². The largest absolute Gasteiger partial charge is 0.497 e. The molecule has 0 saturated carbocycles. The van der Waals surface area contributed by atoms with Crippen LogP contribution in [0.3, 0.4) is 0 Å². The zero-order chi connectivity index (χ0) is 18.2. The normalized spacial score (nSPS) is 10.0. The molecule has 0 aliphatic carbocycles. The molecule has 0 fully saturated rings. The summed E-state index contributed by atoms with van der Waals surface area (Å²) in [6.07, 6.45) is 0. The summed E-state index contributed by atoms with van der Waals surface area (Å²) in [5.74, 6) is 0.370. The third kappa shape index (κ3) is 5.49. The third-order valence-electron chi connectivity index (χ3n) is 3.22. The van der Waals surface area contributed by atoms with E-state index >= 15 is 0 Å². The van der Waals surface area contributed by atoms with Crippen LogP contribution in [0.15, 0.2) is 46.9 Å². The zero-order valence-electron chi connectivity index (χ0n) is 13.8. The van der Waals surface area contributed by atoms with E-state index < -0.39 is 18.4 Å². The van der Waals surface area contributed by atoms with E-state index in [1.54, 1.807) is 30.3 Å². The quantitative estimate of drug-likeness (QED) is 0.493. The van der Waals surface area contributed by atoms with Crippen LogP contribution < -0.4 is 14.2 Å². The molecule has 0 spiro atoms. The van der Waals surface area contributed by atoms with Crippen LogP contribution in [0.2, 0.25) is 0 Å². The van der Waals surface area contributed by atoms with E-state index in [0.29, 0.717) is 17.2 Å². The second kappa shape index (κ2) is 9.08. The Morgan fingerprint density at radius 1 is 0.960 bits per heavy atom. The van der Waals surface area contributed by atoms with Crippen LogP contribution in [0.5, 0.6) is 17.2 Å². The number of ketones is 1. The van der Waals surface area contributed by atoms with Gasteiger partial charge < -0.3 is 18.9 Å². The van der Waals surface area contributed by atoms with Gasteiger partial charge in [0.25, 0.3) is 0 Å². The van der Waals surface area contributed by atoms with Crippen LogP contribution in [-0.4, -0.2) is 39.2 Å². The van der Waals surface area contributed by atoms with Crippen molar-refractivity contribution in [1.82, 2.24) is 0 Å². The van der Waals surface area contributed by atoms with Crippen molar-refractivity contribution >= 4 is 27.7 Å². The Morgan fingerprint density at radius 3 is 2.44 bits per heavy atom. The number of hydrogen-bond donors (Lipinski definition) is 0. The summed E-state index contributed by atoms with van der Waals surface area (Å²) in [6, 6.07) is 11.9. The van der Waals surface area contributed by atoms with Crippen LogP contribution in [-0.2, 0) is 9.53 Å². The summed E-state index contributed by atoms with van der Waals surface area (Å²) in [7, 11) is 2.95. The molecule has 0 radical (unpaired) electrons. The second-order valence-corrected chi connectivity index (χ2v) is 5.81. The summed E-state index contributed by atoms with van der Waals surface area (Å²) >= 11 is 3.31. The van der Waals surface area contributed by atoms with Crippen LogP contribution in [0, 0.1) is 0 Å². The second-order valence-electron chi connectivity index (χ2n) is 4.90. The fourth-order valence-electron chi connectivity index (χ4n) is 2.00. The topological polar surface area (TPSA) is 71.1 Å². The van der Waals surface area contributed by atoms with Gasteiger partial charge in [-0.05, 0) is 36.4 Å². The van der Waals surface area contributed by atoms with Crippen LogP contribution in [0.25, 0.3) is 0 Å². The minimum Gasteiger partial charge on any atom is -0.497 e. The maximum absolute atomic E-state index is 12.3. The summed E-state index contributed by atoms with van der Waals surface area (Å²) in [5, 5.41) is 0. The minimum absolute atomic E-state index is 0.280. The number of ether oxygens (including phenoxy) is 4. The third-order valence-corrected chi connectivity index (χ3v) is 3.72. The fourth-order valence-corrected chi connectivity index (χ4v) is 2.37. The zero-order valence-corrected chi connectivity index (χ0v) is 15.4. The Morgan fingerprint density at radius 2 is 1.76 bits per heavy atom. The highest BCUT2D eigenvalue weighted by Gasteiger charge is 2.16. The lowest BCUT2D eigenvalue weighted by molar-refractivity contribution is -0.144. The summed E-state index contributed by atoms with van der Waals surface area (Å²) in [4.78, 5) is 24.0. The minimum atomic E-state index is -0.643. The van der Waals surface area contributed by atoms with Gasteiger partial charge in [0, 0.05) is 4.47 Å². The van der Waals surface area contributed by atoms with Gasteiger partial charge in [-0.3, -0.25) is 4.79 Å². The Hall–Kier alpha value is -2.54. The first-order valence-corrected chi connectivity index (χ1v) is 8.12. The molecule has 0 unspecified atom stereocenters. The lowest BCUT2D eigenvalue weighted by Gasteiger charge is -2.10. The first-order valence-electron chi connectivity index (χ1n) is 7.32. The van der Waals surface area contributed by atoms with Crippen molar-refractivity contribution in [3.63, 3.8) is 0 Å². The molecule has 2 aromatic rings. The Balaban J connectivity index is 1.90. The van der Waals surface area contributed by atoms with Crippen molar-refractivity contribution < 1.29 is 28.5 Å². The molecule has 6 nitrogen and oxygen atoms in total. The predicted octanol–water partition coefficient (Wildman–Crippen LogP) is 3.27. The molecule has 7 heteroatoms. The van der Waals surface area contributed by atoms with Gasteiger partial charge in [0.05, 0.1) is 19.8 Å². The molecule has 0 N–H and O–H groups in total. The van der Waals surface area contributed by atoms with Crippen LogP contribution in [0.1, 0.15) is 10.4 Å². The van der Waals surface area contributed by atoms with Gasteiger partial charge in [-0.1, -0.05) is 22.0 Å². The molecule has 0 aromatic heterocycles. The summed E-state index contributed by atoms with van der Waals surface area (Å²) in [5.41, 5.74) is 0.280. The van der Waals surface area contributed by atoms with Crippen LogP contribution in [0.4, 0.5) is 0 Å².